The summed E-state index contributed by atoms with van der Waals surface area (Å²) in [5, 5.41) is 13.4. The summed E-state index contributed by atoms with van der Waals surface area (Å²) in [5.41, 5.74) is 2.44. The molecule has 8 heteroatoms. The van der Waals surface area contributed by atoms with Crippen LogP contribution in [0.4, 0.5) is 0 Å². The molecule has 152 valence electrons. The highest BCUT2D eigenvalue weighted by Gasteiger charge is 2.18. The lowest BCUT2D eigenvalue weighted by Gasteiger charge is -2.22. The Morgan fingerprint density at radius 2 is 1.97 bits per heavy atom. The van der Waals surface area contributed by atoms with Gasteiger partial charge < -0.3 is 5.32 Å². The Bertz CT molecular complexity index is 1300. The number of hydrogen-bond acceptors (Lipinski definition) is 6. The van der Waals surface area contributed by atoms with Gasteiger partial charge in [-0.3, -0.25) is 24.1 Å². The molecule has 8 nitrogen and oxygen atoms in total. The molecular weight excluding hydrogens is 378 g/mol. The first kappa shape index (κ1) is 15.4. The van der Waals surface area contributed by atoms with Crippen molar-refractivity contribution < 1.29 is 8.91 Å². The molecule has 4 aromatic heterocycles. The van der Waals surface area contributed by atoms with Crippen molar-refractivity contribution >= 4 is 16.6 Å². The van der Waals surface area contributed by atoms with E-state index >= 15 is 0 Å². The van der Waals surface area contributed by atoms with Crippen LogP contribution in [0.1, 0.15) is 39.0 Å². The molecule has 5 rings (SSSR count). The van der Waals surface area contributed by atoms with Gasteiger partial charge in [-0.15, -0.1) is 0 Å². The number of nitrogens with zero attached hydrogens (tertiary/aromatic N) is 6. The first-order chi connectivity index (χ1) is 15.9. The number of fused-ring (bicyclic) bond motifs is 1. The van der Waals surface area contributed by atoms with Crippen molar-refractivity contribution in [2.45, 2.75) is 25.3 Å². The van der Waals surface area contributed by atoms with Crippen LogP contribution in [-0.2, 0) is 13.4 Å². The molecule has 1 aliphatic rings. The quantitative estimate of drug-likeness (QED) is 0.514. The van der Waals surface area contributed by atoms with Gasteiger partial charge in [0.2, 0.25) is 0 Å². The number of ketones is 1. The molecular formula is C22H23N7O. The van der Waals surface area contributed by atoms with Gasteiger partial charge in [0.1, 0.15) is 0 Å². The van der Waals surface area contributed by atoms with E-state index in [-0.39, 0.29) is 12.2 Å². The summed E-state index contributed by atoms with van der Waals surface area (Å²) >= 11 is 0. The number of hydrogen-bond donors (Lipinski definition) is 1. The predicted octanol–water partition coefficient (Wildman–Crippen LogP) is 2.58. The third-order valence-corrected chi connectivity index (χ3v) is 5.49. The van der Waals surface area contributed by atoms with Crippen LogP contribution >= 0.6 is 0 Å². The van der Waals surface area contributed by atoms with E-state index in [1.165, 1.54) is 12.4 Å². The van der Waals surface area contributed by atoms with Gasteiger partial charge in [0.05, 0.1) is 36.1 Å². The fourth-order valence-corrected chi connectivity index (χ4v) is 3.81. The van der Waals surface area contributed by atoms with Crippen LogP contribution in [-0.4, -0.2) is 48.4 Å². The minimum atomic E-state index is -2.34. The SMILES string of the molecule is [2H]C([2H])([2H])n1cc(-c2cc3cc(CC(=O)c4cnn(C5CCNCC5)c4)ncc3cn2)cn1. The van der Waals surface area contributed by atoms with Crippen molar-refractivity contribution in [1.82, 2.24) is 34.8 Å². The Morgan fingerprint density at radius 1 is 1.10 bits per heavy atom. The van der Waals surface area contributed by atoms with Gasteiger partial charge in [0.15, 0.2) is 5.78 Å². The number of aromatic nitrogens is 6. The van der Waals surface area contributed by atoms with Crippen LogP contribution in [0.5, 0.6) is 0 Å². The molecule has 1 saturated heterocycles. The highest BCUT2D eigenvalue weighted by atomic mass is 16.1. The fraction of sp³-hybridized carbons (Fsp3) is 0.318. The maximum atomic E-state index is 12.8. The molecule has 0 radical (unpaired) electrons. The lowest BCUT2D eigenvalue weighted by atomic mass is 10.1. The molecule has 1 aliphatic heterocycles. The van der Waals surface area contributed by atoms with E-state index in [0.717, 1.165) is 41.4 Å². The number of carbonyl (C=O) groups is 1. The summed E-state index contributed by atoms with van der Waals surface area (Å²) in [5.74, 6) is -0.0322. The fourth-order valence-electron chi connectivity index (χ4n) is 3.81. The maximum absolute atomic E-state index is 12.8. The number of pyridine rings is 2. The van der Waals surface area contributed by atoms with Crippen molar-refractivity contribution in [2.75, 3.05) is 13.1 Å². The Morgan fingerprint density at radius 3 is 2.80 bits per heavy atom. The molecule has 0 aromatic carbocycles. The van der Waals surface area contributed by atoms with Gasteiger partial charge in [-0.25, -0.2) is 0 Å². The van der Waals surface area contributed by atoms with Gasteiger partial charge in [-0.05, 0) is 43.5 Å². The van der Waals surface area contributed by atoms with Gasteiger partial charge in [-0.2, -0.15) is 10.2 Å². The largest absolute Gasteiger partial charge is 0.317 e. The molecule has 30 heavy (non-hydrogen) atoms. The van der Waals surface area contributed by atoms with Crippen LogP contribution in [0.25, 0.3) is 22.0 Å². The van der Waals surface area contributed by atoms with Crippen LogP contribution in [0, 0.1) is 0 Å². The highest BCUT2D eigenvalue weighted by Crippen LogP contribution is 2.22. The van der Waals surface area contributed by atoms with Crippen molar-refractivity contribution in [2.24, 2.45) is 6.98 Å². The normalized spacial score (nSPS) is 16.9. The van der Waals surface area contributed by atoms with E-state index in [0.29, 0.717) is 28.6 Å². The zero-order valence-electron chi connectivity index (χ0n) is 19.3. The molecule has 0 amide bonds. The van der Waals surface area contributed by atoms with Crippen molar-refractivity contribution in [3.8, 4) is 11.3 Å². The average Bonchev–Trinajstić information content (AvgIpc) is 3.49. The van der Waals surface area contributed by atoms with Crippen LogP contribution < -0.4 is 5.32 Å². The highest BCUT2D eigenvalue weighted by molar-refractivity contribution is 5.97. The van der Waals surface area contributed by atoms with Crippen molar-refractivity contribution in [3.05, 3.63) is 60.6 Å². The number of Topliss-reactive ketones (excluding diaryl/α,β-unsaturated/α-hetero) is 1. The first-order valence-corrected chi connectivity index (χ1v) is 9.95. The topological polar surface area (TPSA) is 90.5 Å². The molecule has 0 spiro atoms. The monoisotopic (exact) mass is 404 g/mol. The van der Waals surface area contributed by atoms with Crippen LogP contribution in [0.15, 0.2) is 49.3 Å². The minimum absolute atomic E-state index is 0.0322. The zero-order valence-corrected chi connectivity index (χ0v) is 16.3. The van der Waals surface area contributed by atoms with Crippen LogP contribution in [0.2, 0.25) is 0 Å². The summed E-state index contributed by atoms with van der Waals surface area (Å²) in [6.45, 7) is -0.417. The van der Waals surface area contributed by atoms with Gasteiger partial charge in [-0.1, -0.05) is 0 Å². The summed E-state index contributed by atoms with van der Waals surface area (Å²) in [4.78, 5) is 21.7. The lowest BCUT2D eigenvalue weighted by molar-refractivity contribution is 0.0992. The van der Waals surface area contributed by atoms with Gasteiger partial charge >= 0.3 is 0 Å². The summed E-state index contributed by atoms with van der Waals surface area (Å²) < 4.78 is 25.2. The molecule has 1 N–H and O–H groups in total. The lowest BCUT2D eigenvalue weighted by Crippen LogP contribution is -2.29. The first-order valence-electron chi connectivity index (χ1n) is 11.4. The van der Waals surface area contributed by atoms with Crippen LogP contribution in [0.3, 0.4) is 0 Å². The molecule has 5 heterocycles. The standard InChI is InChI=1S/C22H23N7O/c1-28-13-17(11-26-28)21-7-15-6-19(24-9-16(15)10-25-21)8-22(30)18-12-27-29(14-18)20-2-4-23-5-3-20/h6-7,9-14,20,23H,2-5,8H2,1H3/i1D3. The van der Waals surface area contributed by atoms with E-state index in [2.05, 4.69) is 25.5 Å². The van der Waals surface area contributed by atoms with E-state index in [4.69, 9.17) is 4.11 Å². The van der Waals surface area contributed by atoms with E-state index < -0.39 is 6.98 Å². The average molecular weight is 404 g/mol. The predicted molar refractivity (Wildman–Crippen MR) is 113 cm³/mol. The Kier molecular flexibility index (Phi) is 4.01. The van der Waals surface area contributed by atoms with Gasteiger partial charge in [0, 0.05) is 52.5 Å². The van der Waals surface area contributed by atoms with Crippen molar-refractivity contribution in [1.29, 1.82) is 0 Å². The van der Waals surface area contributed by atoms with Gasteiger partial charge in [0.25, 0.3) is 0 Å². The summed E-state index contributed by atoms with van der Waals surface area (Å²) in [7, 11) is 0. The smallest absolute Gasteiger partial charge is 0.171 e. The second-order valence-corrected chi connectivity index (χ2v) is 7.56. The molecule has 0 unspecified atom stereocenters. The molecule has 0 atom stereocenters. The second kappa shape index (κ2) is 7.79. The molecule has 4 aromatic rings. The van der Waals surface area contributed by atoms with E-state index in [1.54, 1.807) is 18.6 Å². The van der Waals surface area contributed by atoms with E-state index in [1.807, 2.05) is 23.0 Å². The third kappa shape index (κ3) is 3.73. The number of rotatable bonds is 5. The second-order valence-electron chi connectivity index (χ2n) is 7.56. The Labute approximate surface area is 178 Å². The number of piperidine rings is 1. The Balaban J connectivity index is 1.35. The summed E-state index contributed by atoms with van der Waals surface area (Å²) in [6, 6.07) is 4.04. The Hall–Kier alpha value is -3.39. The molecule has 0 aliphatic carbocycles. The maximum Gasteiger partial charge on any atom is 0.171 e. The number of nitrogens with one attached hydrogen (secondary N) is 1. The molecule has 1 fully saturated rings. The summed E-state index contributed by atoms with van der Waals surface area (Å²) in [6.07, 6.45) is 12.0. The third-order valence-electron chi connectivity index (χ3n) is 5.49. The molecule has 0 bridgehead atoms. The van der Waals surface area contributed by atoms with E-state index in [9.17, 15) is 4.79 Å². The number of aryl methyl sites for hydroxylation is 1. The minimum Gasteiger partial charge on any atom is -0.317 e. The number of carbonyl (C=O) groups excluding carboxylic acids is 1. The molecule has 0 saturated carbocycles. The van der Waals surface area contributed by atoms with Crippen molar-refractivity contribution in [3.63, 3.8) is 0 Å². The zero-order chi connectivity index (χ0) is 23.0.